The number of rotatable bonds is 4. The predicted octanol–water partition coefficient (Wildman–Crippen LogP) is 1.65. The van der Waals surface area contributed by atoms with Gasteiger partial charge in [-0.3, -0.25) is 4.79 Å². The summed E-state index contributed by atoms with van der Waals surface area (Å²) < 4.78 is 0. The molecule has 9 heteroatoms. The number of carbonyl (C=O) groups excluding carboxylic acids is 1. The lowest BCUT2D eigenvalue weighted by molar-refractivity contribution is 0.100. The molecule has 144 valence electrons. The fraction of sp³-hybridized carbons (Fsp3) is 0.368. The molecule has 5 heterocycles. The van der Waals surface area contributed by atoms with Gasteiger partial charge in [-0.1, -0.05) is 0 Å². The molecule has 28 heavy (non-hydrogen) atoms. The Hall–Kier alpha value is -3.36. The number of carbonyl (C=O) groups is 1. The minimum absolute atomic E-state index is 0.245. The van der Waals surface area contributed by atoms with E-state index in [1.165, 1.54) is 6.20 Å². The fourth-order valence-electron chi connectivity index (χ4n) is 4.69. The number of aromatic amines is 1. The average Bonchev–Trinajstić information content (AvgIpc) is 3.25. The second kappa shape index (κ2) is 6.36. The first-order valence-electron chi connectivity index (χ1n) is 9.48. The summed E-state index contributed by atoms with van der Waals surface area (Å²) in [4.78, 5) is 30.3. The largest absolute Gasteiger partial charge is 0.382 e. The van der Waals surface area contributed by atoms with Crippen molar-refractivity contribution in [2.45, 2.75) is 43.8 Å². The fourth-order valence-corrected chi connectivity index (χ4v) is 4.69. The van der Waals surface area contributed by atoms with Crippen LogP contribution in [0.15, 0.2) is 30.9 Å². The van der Waals surface area contributed by atoms with Crippen LogP contribution in [-0.2, 0) is 0 Å². The van der Waals surface area contributed by atoms with Gasteiger partial charge in [-0.05, 0) is 31.7 Å². The molecule has 5 rings (SSSR count). The van der Waals surface area contributed by atoms with Crippen molar-refractivity contribution >= 4 is 34.3 Å². The van der Waals surface area contributed by atoms with Crippen LogP contribution in [0.4, 0.5) is 17.3 Å². The van der Waals surface area contributed by atoms with Crippen molar-refractivity contribution in [1.82, 2.24) is 19.9 Å². The van der Waals surface area contributed by atoms with Crippen LogP contribution in [0.2, 0.25) is 0 Å². The standard InChI is InChI=1S/C19H22N8O/c20-15-8-24-16(9-23-15)27-11-1-2-12(27)6-10(5-11)26-17-13-3-4-22-19(13)25-7-14(17)18(21)28/h3-4,7-12H,1-2,5-6H2,(H2,20,23)(H2,21,28)(H2,22,25,26)/t10?,11-,12+. The van der Waals surface area contributed by atoms with E-state index < -0.39 is 5.91 Å². The van der Waals surface area contributed by atoms with Gasteiger partial charge in [-0.15, -0.1) is 0 Å². The van der Waals surface area contributed by atoms with Gasteiger partial charge in [0.05, 0.1) is 23.6 Å². The molecule has 2 aliphatic rings. The highest BCUT2D eigenvalue weighted by Gasteiger charge is 2.41. The van der Waals surface area contributed by atoms with Gasteiger partial charge in [0.2, 0.25) is 0 Å². The van der Waals surface area contributed by atoms with Crippen molar-refractivity contribution in [2.75, 3.05) is 16.0 Å². The number of H-pyrrole nitrogens is 1. The second-order valence-corrected chi connectivity index (χ2v) is 7.56. The summed E-state index contributed by atoms with van der Waals surface area (Å²) in [6.07, 6.45) is 10.9. The number of amides is 1. The molecule has 0 saturated carbocycles. The van der Waals surface area contributed by atoms with Crippen LogP contribution >= 0.6 is 0 Å². The number of pyridine rings is 1. The van der Waals surface area contributed by atoms with Crippen molar-refractivity contribution in [1.29, 1.82) is 0 Å². The molecule has 2 aliphatic heterocycles. The maximum atomic E-state index is 11.9. The predicted molar refractivity (Wildman–Crippen MR) is 107 cm³/mol. The Morgan fingerprint density at radius 2 is 1.93 bits per heavy atom. The lowest BCUT2D eigenvalue weighted by Crippen LogP contribution is -2.47. The Morgan fingerprint density at radius 3 is 2.61 bits per heavy atom. The summed E-state index contributed by atoms with van der Waals surface area (Å²) in [6.45, 7) is 0. The number of primary amides is 1. The van der Waals surface area contributed by atoms with Crippen molar-refractivity contribution in [3.05, 3.63) is 36.4 Å². The molecule has 3 atom stereocenters. The summed E-state index contributed by atoms with van der Waals surface area (Å²) in [5, 5.41) is 4.48. The molecule has 2 saturated heterocycles. The van der Waals surface area contributed by atoms with Gasteiger partial charge in [0, 0.05) is 35.9 Å². The van der Waals surface area contributed by atoms with E-state index in [1.807, 2.05) is 12.3 Å². The summed E-state index contributed by atoms with van der Waals surface area (Å²) >= 11 is 0. The Morgan fingerprint density at radius 1 is 1.14 bits per heavy atom. The van der Waals surface area contributed by atoms with Crippen molar-refractivity contribution in [3.63, 3.8) is 0 Å². The lowest BCUT2D eigenvalue weighted by atomic mass is 9.96. The first kappa shape index (κ1) is 16.8. The molecular formula is C19H22N8O. The number of hydrogen-bond donors (Lipinski definition) is 4. The van der Waals surface area contributed by atoms with Gasteiger partial charge in [0.1, 0.15) is 17.3 Å². The van der Waals surface area contributed by atoms with E-state index in [9.17, 15) is 4.79 Å². The quantitative estimate of drug-likeness (QED) is 0.541. The number of nitrogens with two attached hydrogens (primary N) is 2. The van der Waals surface area contributed by atoms with E-state index in [0.29, 0.717) is 23.5 Å². The maximum absolute atomic E-state index is 11.9. The van der Waals surface area contributed by atoms with Crippen LogP contribution in [0.1, 0.15) is 36.0 Å². The molecule has 2 bridgehead atoms. The smallest absolute Gasteiger partial charge is 0.252 e. The molecule has 0 spiro atoms. The summed E-state index contributed by atoms with van der Waals surface area (Å²) in [5.41, 5.74) is 13.2. The van der Waals surface area contributed by atoms with E-state index in [4.69, 9.17) is 11.5 Å². The normalized spacial score (nSPS) is 23.9. The van der Waals surface area contributed by atoms with E-state index in [2.05, 4.69) is 30.2 Å². The average molecular weight is 378 g/mol. The SMILES string of the molecule is NC(=O)c1cnc2[nH]ccc2c1NC1C[C@H]2CC[C@@H](C1)N2c1cnc(N)cn1. The number of aromatic nitrogens is 4. The van der Waals surface area contributed by atoms with E-state index in [0.717, 1.165) is 48.2 Å². The monoisotopic (exact) mass is 378 g/mol. The second-order valence-electron chi connectivity index (χ2n) is 7.56. The zero-order valence-electron chi connectivity index (χ0n) is 15.3. The topological polar surface area (TPSA) is 139 Å². The number of hydrogen-bond acceptors (Lipinski definition) is 7. The molecule has 9 nitrogen and oxygen atoms in total. The number of nitrogens with one attached hydrogen (secondary N) is 2. The van der Waals surface area contributed by atoms with Crippen LogP contribution in [0, 0.1) is 0 Å². The van der Waals surface area contributed by atoms with Crippen LogP contribution in [0.25, 0.3) is 11.0 Å². The molecule has 1 unspecified atom stereocenters. The van der Waals surface area contributed by atoms with Gasteiger partial charge in [0.15, 0.2) is 0 Å². The molecule has 6 N–H and O–H groups in total. The highest BCUT2D eigenvalue weighted by Crippen LogP contribution is 2.40. The van der Waals surface area contributed by atoms with Crippen molar-refractivity contribution < 1.29 is 4.79 Å². The third kappa shape index (κ3) is 2.70. The summed E-state index contributed by atoms with van der Waals surface area (Å²) in [5.74, 6) is 0.838. The van der Waals surface area contributed by atoms with E-state index >= 15 is 0 Å². The zero-order valence-corrected chi connectivity index (χ0v) is 15.3. The highest BCUT2D eigenvalue weighted by molar-refractivity contribution is 6.06. The van der Waals surface area contributed by atoms with Gasteiger partial charge in [-0.2, -0.15) is 0 Å². The number of anilines is 3. The number of nitrogens with zero attached hydrogens (tertiary/aromatic N) is 4. The van der Waals surface area contributed by atoms with Gasteiger partial charge < -0.3 is 26.7 Å². The molecule has 3 aromatic rings. The zero-order chi connectivity index (χ0) is 19.3. The molecule has 0 aromatic carbocycles. The first-order valence-corrected chi connectivity index (χ1v) is 9.48. The van der Waals surface area contributed by atoms with Gasteiger partial charge >= 0.3 is 0 Å². The highest BCUT2D eigenvalue weighted by atomic mass is 16.1. The number of piperidine rings is 1. The molecule has 3 aromatic heterocycles. The van der Waals surface area contributed by atoms with Crippen molar-refractivity contribution in [3.8, 4) is 0 Å². The summed E-state index contributed by atoms with van der Waals surface area (Å²) in [6, 6.07) is 2.93. The first-order chi connectivity index (χ1) is 13.6. The Kier molecular flexibility index (Phi) is 3.81. The Bertz CT molecular complexity index is 1020. The minimum atomic E-state index is -0.476. The van der Waals surface area contributed by atoms with Gasteiger partial charge in [0.25, 0.3) is 5.91 Å². The van der Waals surface area contributed by atoms with Crippen molar-refractivity contribution in [2.24, 2.45) is 5.73 Å². The Labute approximate surface area is 161 Å². The minimum Gasteiger partial charge on any atom is -0.382 e. The molecule has 1 amide bonds. The Balaban J connectivity index is 1.41. The number of fused-ring (bicyclic) bond motifs is 3. The maximum Gasteiger partial charge on any atom is 0.252 e. The molecule has 0 aliphatic carbocycles. The third-order valence-corrected chi connectivity index (χ3v) is 5.86. The van der Waals surface area contributed by atoms with Crippen LogP contribution in [-0.4, -0.2) is 44.0 Å². The van der Waals surface area contributed by atoms with Crippen LogP contribution in [0.5, 0.6) is 0 Å². The third-order valence-electron chi connectivity index (χ3n) is 5.86. The molecular weight excluding hydrogens is 356 g/mol. The van der Waals surface area contributed by atoms with Crippen LogP contribution < -0.4 is 21.7 Å². The number of nitrogen functional groups attached to an aromatic ring is 1. The lowest BCUT2D eigenvalue weighted by Gasteiger charge is -2.40. The van der Waals surface area contributed by atoms with Crippen LogP contribution in [0.3, 0.4) is 0 Å². The molecule has 2 fully saturated rings. The van der Waals surface area contributed by atoms with Gasteiger partial charge in [-0.25, -0.2) is 15.0 Å². The molecule has 0 radical (unpaired) electrons. The summed E-state index contributed by atoms with van der Waals surface area (Å²) in [7, 11) is 0. The van der Waals surface area contributed by atoms with E-state index in [-0.39, 0.29) is 6.04 Å². The van der Waals surface area contributed by atoms with E-state index in [1.54, 1.807) is 12.4 Å².